The van der Waals surface area contributed by atoms with Gasteiger partial charge < -0.3 is 4.98 Å². The summed E-state index contributed by atoms with van der Waals surface area (Å²) >= 11 is 0. The molecule has 0 aliphatic heterocycles. The SMILES string of the molecule is CC(c1cc(-c2ccccc2)n[nH]1)N(C)Cc1nc2c(cnn2C)c(=O)[nH]1. The van der Waals surface area contributed by atoms with Crippen molar-refractivity contribution in [3.05, 3.63) is 64.5 Å². The zero-order chi connectivity index (χ0) is 19.0. The number of aromatic nitrogens is 6. The second kappa shape index (κ2) is 6.81. The van der Waals surface area contributed by atoms with Gasteiger partial charge in [0.05, 0.1) is 24.1 Å². The van der Waals surface area contributed by atoms with E-state index >= 15 is 0 Å². The molecule has 0 aliphatic rings. The highest BCUT2D eigenvalue weighted by atomic mass is 16.1. The van der Waals surface area contributed by atoms with Crippen LogP contribution in [-0.2, 0) is 13.6 Å². The highest BCUT2D eigenvalue weighted by molar-refractivity contribution is 5.72. The van der Waals surface area contributed by atoms with Gasteiger partial charge in [0, 0.05) is 18.7 Å². The number of H-pyrrole nitrogens is 2. The van der Waals surface area contributed by atoms with Crippen molar-refractivity contribution in [3.8, 4) is 11.3 Å². The molecular weight excluding hydrogens is 342 g/mol. The van der Waals surface area contributed by atoms with Gasteiger partial charge in [-0.25, -0.2) is 4.98 Å². The van der Waals surface area contributed by atoms with E-state index in [4.69, 9.17) is 0 Å². The minimum Gasteiger partial charge on any atom is -0.309 e. The van der Waals surface area contributed by atoms with Crippen molar-refractivity contribution >= 4 is 11.0 Å². The second-order valence-corrected chi connectivity index (χ2v) is 6.68. The van der Waals surface area contributed by atoms with Gasteiger partial charge in [0.25, 0.3) is 5.56 Å². The monoisotopic (exact) mass is 363 g/mol. The highest BCUT2D eigenvalue weighted by Gasteiger charge is 2.17. The van der Waals surface area contributed by atoms with Crippen LogP contribution < -0.4 is 5.56 Å². The Labute approximate surface area is 155 Å². The summed E-state index contributed by atoms with van der Waals surface area (Å²) < 4.78 is 1.61. The third kappa shape index (κ3) is 3.26. The molecule has 0 spiro atoms. The van der Waals surface area contributed by atoms with Gasteiger partial charge in [0.2, 0.25) is 0 Å². The number of aryl methyl sites for hydroxylation is 1. The molecule has 2 N–H and O–H groups in total. The van der Waals surface area contributed by atoms with Crippen LogP contribution in [0.15, 0.2) is 47.4 Å². The highest BCUT2D eigenvalue weighted by Crippen LogP contribution is 2.23. The molecule has 4 rings (SSSR count). The first-order valence-electron chi connectivity index (χ1n) is 8.75. The molecule has 3 heterocycles. The van der Waals surface area contributed by atoms with Gasteiger partial charge in [0.15, 0.2) is 5.65 Å². The van der Waals surface area contributed by atoms with Crippen molar-refractivity contribution in [1.29, 1.82) is 0 Å². The van der Waals surface area contributed by atoms with E-state index in [0.29, 0.717) is 23.4 Å². The molecule has 0 fully saturated rings. The first-order chi connectivity index (χ1) is 13.0. The molecule has 1 atom stereocenters. The Morgan fingerprint density at radius 1 is 1.26 bits per heavy atom. The van der Waals surface area contributed by atoms with Gasteiger partial charge in [-0.15, -0.1) is 0 Å². The smallest absolute Gasteiger partial charge is 0.262 e. The molecule has 0 saturated carbocycles. The van der Waals surface area contributed by atoms with E-state index in [1.54, 1.807) is 11.7 Å². The number of rotatable bonds is 5. The van der Waals surface area contributed by atoms with Gasteiger partial charge in [-0.3, -0.25) is 19.5 Å². The molecule has 27 heavy (non-hydrogen) atoms. The molecule has 8 heteroatoms. The standard InChI is InChI=1S/C19H21N7O/c1-12(15-9-16(24-23-15)13-7-5-4-6-8-13)25(2)11-17-21-18-14(19(27)22-17)10-20-26(18)3/h4-10,12H,11H2,1-3H3,(H,23,24)(H,21,22,27). The fraction of sp³-hybridized carbons (Fsp3) is 0.263. The van der Waals surface area contributed by atoms with Crippen molar-refractivity contribution in [1.82, 2.24) is 34.8 Å². The van der Waals surface area contributed by atoms with Crippen LogP contribution in [0.4, 0.5) is 0 Å². The zero-order valence-electron chi connectivity index (χ0n) is 15.5. The maximum absolute atomic E-state index is 12.2. The lowest BCUT2D eigenvalue weighted by Gasteiger charge is -2.22. The Morgan fingerprint density at radius 3 is 2.81 bits per heavy atom. The number of hydrogen-bond acceptors (Lipinski definition) is 5. The van der Waals surface area contributed by atoms with Crippen LogP contribution in [0.2, 0.25) is 0 Å². The molecule has 0 saturated heterocycles. The minimum atomic E-state index is -0.169. The van der Waals surface area contributed by atoms with Crippen molar-refractivity contribution in [2.75, 3.05) is 7.05 Å². The third-order valence-electron chi connectivity index (χ3n) is 4.83. The van der Waals surface area contributed by atoms with Crippen LogP contribution in [0.5, 0.6) is 0 Å². The largest absolute Gasteiger partial charge is 0.309 e. The minimum absolute atomic E-state index is 0.0718. The summed E-state index contributed by atoms with van der Waals surface area (Å²) in [7, 11) is 3.77. The van der Waals surface area contributed by atoms with E-state index in [9.17, 15) is 4.79 Å². The summed E-state index contributed by atoms with van der Waals surface area (Å²) in [5.74, 6) is 0.605. The summed E-state index contributed by atoms with van der Waals surface area (Å²) in [6.45, 7) is 2.58. The topological polar surface area (TPSA) is 95.5 Å². The Balaban J connectivity index is 1.55. The van der Waals surface area contributed by atoms with Crippen LogP contribution in [0.1, 0.15) is 24.5 Å². The van der Waals surface area contributed by atoms with Gasteiger partial charge in [-0.2, -0.15) is 10.2 Å². The quantitative estimate of drug-likeness (QED) is 0.567. The number of benzene rings is 1. The van der Waals surface area contributed by atoms with E-state index in [0.717, 1.165) is 17.0 Å². The van der Waals surface area contributed by atoms with Gasteiger partial charge in [-0.05, 0) is 20.0 Å². The van der Waals surface area contributed by atoms with Crippen molar-refractivity contribution < 1.29 is 0 Å². The lowest BCUT2D eigenvalue weighted by molar-refractivity contribution is 0.242. The number of hydrogen-bond donors (Lipinski definition) is 2. The molecule has 0 radical (unpaired) electrons. The van der Waals surface area contributed by atoms with E-state index in [-0.39, 0.29) is 11.6 Å². The molecule has 3 aromatic heterocycles. The third-order valence-corrected chi connectivity index (χ3v) is 4.83. The summed E-state index contributed by atoms with van der Waals surface area (Å²) in [6, 6.07) is 12.2. The normalized spacial score (nSPS) is 12.7. The summed E-state index contributed by atoms with van der Waals surface area (Å²) in [4.78, 5) is 21.7. The lowest BCUT2D eigenvalue weighted by atomic mass is 10.1. The average molecular weight is 363 g/mol. The molecule has 0 amide bonds. The lowest BCUT2D eigenvalue weighted by Crippen LogP contribution is -2.25. The van der Waals surface area contributed by atoms with Crippen molar-refractivity contribution in [2.45, 2.75) is 19.5 Å². The van der Waals surface area contributed by atoms with Crippen LogP contribution in [0.3, 0.4) is 0 Å². The summed E-state index contributed by atoms with van der Waals surface area (Å²) in [5.41, 5.74) is 3.40. The Kier molecular flexibility index (Phi) is 4.33. The van der Waals surface area contributed by atoms with E-state index in [1.807, 2.05) is 37.4 Å². The number of nitrogens with zero attached hydrogens (tertiary/aromatic N) is 5. The number of aromatic amines is 2. The Morgan fingerprint density at radius 2 is 2.04 bits per heavy atom. The van der Waals surface area contributed by atoms with Crippen molar-refractivity contribution in [3.63, 3.8) is 0 Å². The molecule has 0 bridgehead atoms. The van der Waals surface area contributed by atoms with E-state index in [2.05, 4.69) is 43.2 Å². The molecule has 4 aromatic rings. The van der Waals surface area contributed by atoms with Crippen molar-refractivity contribution in [2.24, 2.45) is 7.05 Å². The summed E-state index contributed by atoms with van der Waals surface area (Å²) in [5, 5.41) is 12.1. The first kappa shape index (κ1) is 17.2. The maximum Gasteiger partial charge on any atom is 0.262 e. The van der Waals surface area contributed by atoms with Gasteiger partial charge in [0.1, 0.15) is 11.2 Å². The van der Waals surface area contributed by atoms with E-state index in [1.165, 1.54) is 6.20 Å². The first-order valence-corrected chi connectivity index (χ1v) is 8.75. The van der Waals surface area contributed by atoms with E-state index < -0.39 is 0 Å². The zero-order valence-corrected chi connectivity index (χ0v) is 15.5. The molecule has 0 aliphatic carbocycles. The second-order valence-electron chi connectivity index (χ2n) is 6.68. The predicted octanol–water partition coefficient (Wildman–Crippen LogP) is 2.24. The molecule has 1 aromatic carbocycles. The average Bonchev–Trinajstić information content (AvgIpc) is 3.30. The van der Waals surface area contributed by atoms with Crippen LogP contribution >= 0.6 is 0 Å². The van der Waals surface area contributed by atoms with Crippen LogP contribution in [-0.4, -0.2) is 41.9 Å². The molecule has 8 nitrogen and oxygen atoms in total. The Bertz CT molecular complexity index is 1130. The van der Waals surface area contributed by atoms with Crippen LogP contribution in [0, 0.1) is 0 Å². The fourth-order valence-corrected chi connectivity index (χ4v) is 3.07. The molecular formula is C19H21N7O. The van der Waals surface area contributed by atoms with Gasteiger partial charge in [-0.1, -0.05) is 30.3 Å². The number of nitrogens with one attached hydrogen (secondary N) is 2. The number of fused-ring (bicyclic) bond motifs is 1. The summed E-state index contributed by atoms with van der Waals surface area (Å²) in [6.07, 6.45) is 1.53. The molecule has 1 unspecified atom stereocenters. The molecule has 138 valence electrons. The fourth-order valence-electron chi connectivity index (χ4n) is 3.07. The van der Waals surface area contributed by atoms with Crippen LogP contribution in [0.25, 0.3) is 22.3 Å². The predicted molar refractivity (Wildman–Crippen MR) is 103 cm³/mol. The Hall–Kier alpha value is -3.26. The maximum atomic E-state index is 12.2. The van der Waals surface area contributed by atoms with Gasteiger partial charge >= 0.3 is 0 Å².